The molecule has 0 amide bonds. The van der Waals surface area contributed by atoms with Gasteiger partial charge in [-0.1, -0.05) is 36.4 Å². The molecule has 0 saturated carbocycles. The second-order valence-corrected chi connectivity index (χ2v) is 1.79. The quantitative estimate of drug-likeness (QED) is 0.476. The van der Waals surface area contributed by atoms with Gasteiger partial charge in [-0.25, -0.2) is 9.59 Å². The molecule has 1 rings (SSSR count). The number of carbonyl (C=O) groups is 2. The smallest absolute Gasteiger partial charge is 0.449 e. The van der Waals surface area contributed by atoms with Gasteiger partial charge in [-0.3, -0.25) is 0 Å². The van der Waals surface area contributed by atoms with Crippen molar-refractivity contribution in [2.75, 3.05) is 0 Å². The minimum absolute atomic E-state index is 1.81. The van der Waals surface area contributed by atoms with Crippen LogP contribution in [0, 0.1) is 0 Å². The van der Waals surface area contributed by atoms with Crippen LogP contribution >= 0.6 is 0 Å². The minimum Gasteiger partial charge on any atom is -0.449 e. The lowest BCUT2D eigenvalue weighted by atomic mass is 10.4. The highest BCUT2D eigenvalue weighted by Crippen LogP contribution is 1.79. The molecule has 1 aromatic rings. The van der Waals surface area contributed by atoms with Crippen LogP contribution in [0.5, 0.6) is 0 Å². The molecule has 0 fully saturated rings. The van der Waals surface area contributed by atoms with Crippen LogP contribution in [0.15, 0.2) is 36.4 Å². The van der Waals surface area contributed by atoms with Gasteiger partial charge in [0.1, 0.15) is 0 Å². The lowest BCUT2D eigenvalue weighted by molar-refractivity contribution is 0.0802. The zero-order chi connectivity index (χ0) is 10.1. The van der Waals surface area contributed by atoms with E-state index >= 15 is 0 Å². The predicted octanol–water partition coefficient (Wildman–Crippen LogP) is 2.05. The van der Waals surface area contributed by atoms with Gasteiger partial charge in [-0.05, 0) is 0 Å². The molecule has 70 valence electrons. The van der Waals surface area contributed by atoms with Crippen LogP contribution in [0.2, 0.25) is 0 Å². The Balaban J connectivity index is 0.000000223. The van der Waals surface area contributed by atoms with E-state index in [1.165, 1.54) is 0 Å². The summed E-state index contributed by atoms with van der Waals surface area (Å²) in [5.74, 6) is 0. The van der Waals surface area contributed by atoms with Gasteiger partial charge >= 0.3 is 12.3 Å². The molecule has 0 aromatic heterocycles. The maximum Gasteiger partial charge on any atom is 0.516 e. The summed E-state index contributed by atoms with van der Waals surface area (Å²) in [6.07, 6.45) is -3.62. The molecule has 0 aliphatic rings. The summed E-state index contributed by atoms with van der Waals surface area (Å²) in [7, 11) is 0. The van der Waals surface area contributed by atoms with E-state index in [1.807, 2.05) is 36.4 Å². The predicted molar refractivity (Wildman–Crippen MR) is 43.6 cm³/mol. The molecule has 13 heavy (non-hydrogen) atoms. The van der Waals surface area contributed by atoms with Crippen molar-refractivity contribution in [2.24, 2.45) is 0 Å². The van der Waals surface area contributed by atoms with Gasteiger partial charge in [-0.15, -0.1) is 0 Å². The third-order valence-electron chi connectivity index (χ3n) is 0.841. The van der Waals surface area contributed by atoms with Crippen LogP contribution in [0.1, 0.15) is 0 Å². The topological polar surface area (TPSA) is 83.8 Å². The summed E-state index contributed by atoms with van der Waals surface area (Å²) >= 11 is 0. The van der Waals surface area contributed by atoms with E-state index in [2.05, 4.69) is 4.74 Å². The molecule has 5 nitrogen and oxygen atoms in total. The van der Waals surface area contributed by atoms with Crippen molar-refractivity contribution in [3.05, 3.63) is 36.4 Å². The van der Waals surface area contributed by atoms with Gasteiger partial charge in [0, 0.05) is 0 Å². The average molecular weight is 184 g/mol. The van der Waals surface area contributed by atoms with Crippen LogP contribution in [-0.4, -0.2) is 22.5 Å². The second kappa shape index (κ2) is 6.66. The lowest BCUT2D eigenvalue weighted by Crippen LogP contribution is -2.05. The first kappa shape index (κ1) is 11.0. The third kappa shape index (κ3) is 9.96. The highest BCUT2D eigenvalue weighted by Gasteiger charge is 2.01. The molecular weight excluding hydrogens is 176 g/mol. The molecule has 2 N–H and O–H groups in total. The summed E-state index contributed by atoms with van der Waals surface area (Å²) in [6.45, 7) is 0. The van der Waals surface area contributed by atoms with Crippen LogP contribution in [0.25, 0.3) is 0 Å². The Bertz CT molecular complexity index is 218. The van der Waals surface area contributed by atoms with Crippen LogP contribution in [-0.2, 0) is 4.74 Å². The highest BCUT2D eigenvalue weighted by atomic mass is 16.7. The Morgan fingerprint density at radius 2 is 1.00 bits per heavy atom. The van der Waals surface area contributed by atoms with Crippen LogP contribution in [0.3, 0.4) is 0 Å². The van der Waals surface area contributed by atoms with E-state index in [9.17, 15) is 9.59 Å². The molecule has 0 spiro atoms. The van der Waals surface area contributed by atoms with E-state index in [1.54, 1.807) is 0 Å². The Morgan fingerprint density at radius 1 is 0.769 bits per heavy atom. The standard InChI is InChI=1S/C6H6.C2H2O5/c1-2-4-6-5-3-1;3-1(4)7-2(5)6/h1-6H;(H,3,4)(H,5,6). The Morgan fingerprint density at radius 3 is 1.08 bits per heavy atom. The lowest BCUT2D eigenvalue weighted by Gasteiger charge is -1.84. The van der Waals surface area contributed by atoms with Crippen molar-refractivity contribution in [1.29, 1.82) is 0 Å². The van der Waals surface area contributed by atoms with Gasteiger partial charge < -0.3 is 14.9 Å². The van der Waals surface area contributed by atoms with E-state index in [-0.39, 0.29) is 0 Å². The Kier molecular flexibility index (Phi) is 5.61. The van der Waals surface area contributed by atoms with Gasteiger partial charge in [-0.2, -0.15) is 0 Å². The Hall–Kier alpha value is -2.04. The van der Waals surface area contributed by atoms with Crippen molar-refractivity contribution in [2.45, 2.75) is 0 Å². The third-order valence-corrected chi connectivity index (χ3v) is 0.841. The van der Waals surface area contributed by atoms with Crippen molar-refractivity contribution in [3.63, 3.8) is 0 Å². The molecule has 0 atom stereocenters. The molecule has 5 heteroatoms. The maximum absolute atomic E-state index is 9.21. The van der Waals surface area contributed by atoms with Crippen LogP contribution < -0.4 is 0 Å². The summed E-state index contributed by atoms with van der Waals surface area (Å²) in [6, 6.07) is 12.0. The van der Waals surface area contributed by atoms with Crippen molar-refractivity contribution < 1.29 is 24.5 Å². The van der Waals surface area contributed by atoms with Crippen LogP contribution in [0.4, 0.5) is 9.59 Å². The molecule has 0 aliphatic heterocycles. The highest BCUT2D eigenvalue weighted by molar-refractivity contribution is 5.74. The fourth-order valence-corrected chi connectivity index (χ4v) is 0.460. The monoisotopic (exact) mass is 184 g/mol. The first-order chi connectivity index (χ1) is 6.13. The summed E-state index contributed by atoms with van der Waals surface area (Å²) in [5, 5.41) is 15.0. The summed E-state index contributed by atoms with van der Waals surface area (Å²) < 4.78 is 3.08. The van der Waals surface area contributed by atoms with Gasteiger partial charge in [0.25, 0.3) is 0 Å². The number of rotatable bonds is 0. The van der Waals surface area contributed by atoms with Gasteiger partial charge in [0.05, 0.1) is 0 Å². The first-order valence-corrected chi connectivity index (χ1v) is 3.26. The minimum atomic E-state index is -1.81. The number of benzene rings is 1. The fraction of sp³-hybridized carbons (Fsp3) is 0. The van der Waals surface area contributed by atoms with E-state index in [0.29, 0.717) is 0 Å². The number of hydrogen-bond acceptors (Lipinski definition) is 3. The molecule has 0 heterocycles. The molecule has 0 aliphatic carbocycles. The van der Waals surface area contributed by atoms with Gasteiger partial charge in [0.2, 0.25) is 0 Å². The number of carboxylic acid groups (broad SMARTS) is 2. The van der Waals surface area contributed by atoms with Crippen molar-refractivity contribution in [3.8, 4) is 0 Å². The number of hydrogen-bond donors (Lipinski definition) is 2. The second-order valence-electron chi connectivity index (χ2n) is 1.79. The fourth-order valence-electron chi connectivity index (χ4n) is 0.460. The average Bonchev–Trinajstić information content (AvgIpc) is 2.06. The molecule has 0 bridgehead atoms. The zero-order valence-corrected chi connectivity index (χ0v) is 6.58. The summed E-state index contributed by atoms with van der Waals surface area (Å²) in [5.41, 5.74) is 0. The Labute approximate surface area is 74.2 Å². The van der Waals surface area contributed by atoms with E-state index in [0.717, 1.165) is 0 Å². The number of ether oxygens (including phenoxy) is 1. The maximum atomic E-state index is 9.21. The first-order valence-electron chi connectivity index (χ1n) is 3.26. The largest absolute Gasteiger partial charge is 0.516 e. The van der Waals surface area contributed by atoms with Gasteiger partial charge in [0.15, 0.2) is 0 Å². The molecule has 1 aromatic carbocycles. The summed E-state index contributed by atoms with van der Waals surface area (Å²) in [4.78, 5) is 18.4. The molecule has 0 radical (unpaired) electrons. The van der Waals surface area contributed by atoms with Crippen molar-refractivity contribution >= 4 is 12.3 Å². The SMILES string of the molecule is O=C(O)OC(=O)O.c1ccccc1. The molecule has 0 unspecified atom stereocenters. The van der Waals surface area contributed by atoms with E-state index in [4.69, 9.17) is 10.2 Å². The molecular formula is C8H8O5. The molecule has 0 saturated heterocycles. The normalized spacial score (nSPS) is 7.69. The van der Waals surface area contributed by atoms with E-state index < -0.39 is 12.3 Å². The van der Waals surface area contributed by atoms with Crippen molar-refractivity contribution in [1.82, 2.24) is 0 Å². The zero-order valence-electron chi connectivity index (χ0n) is 6.58.